The predicted octanol–water partition coefficient (Wildman–Crippen LogP) is 3.52. The Morgan fingerprint density at radius 2 is 2.05 bits per heavy atom. The number of amides is 1. The number of para-hydroxylation sites is 1. The lowest BCUT2D eigenvalue weighted by molar-refractivity contribution is 0.0909. The lowest BCUT2D eigenvalue weighted by atomic mass is 10.2. The van der Waals surface area contributed by atoms with Gasteiger partial charge in [0.25, 0.3) is 5.91 Å². The van der Waals surface area contributed by atoms with E-state index in [2.05, 4.69) is 5.32 Å². The number of carbonyl (C=O) groups is 1. The molecule has 1 atom stereocenters. The van der Waals surface area contributed by atoms with Crippen LogP contribution in [0.15, 0.2) is 57.6 Å². The second-order valence-corrected chi connectivity index (χ2v) is 4.36. The molecule has 4 heteroatoms. The molecule has 2 heterocycles. The number of nitrogens with one attached hydrogen (secondary N) is 1. The second-order valence-electron chi connectivity index (χ2n) is 4.36. The fourth-order valence-electron chi connectivity index (χ4n) is 1.97. The maximum Gasteiger partial charge on any atom is 0.287 e. The molecule has 1 aromatic carbocycles. The first kappa shape index (κ1) is 11.6. The molecule has 0 aliphatic heterocycles. The molecule has 0 saturated carbocycles. The number of benzene rings is 1. The van der Waals surface area contributed by atoms with Crippen LogP contribution >= 0.6 is 0 Å². The van der Waals surface area contributed by atoms with Gasteiger partial charge in [-0.1, -0.05) is 18.2 Å². The first-order valence-electron chi connectivity index (χ1n) is 6.07. The second kappa shape index (κ2) is 4.65. The van der Waals surface area contributed by atoms with Crippen molar-refractivity contribution >= 4 is 16.9 Å². The van der Waals surface area contributed by atoms with Crippen molar-refractivity contribution in [2.75, 3.05) is 0 Å². The number of carbonyl (C=O) groups excluding carboxylic acids is 1. The van der Waals surface area contributed by atoms with Crippen LogP contribution in [0.1, 0.15) is 29.3 Å². The summed E-state index contributed by atoms with van der Waals surface area (Å²) in [6.45, 7) is 1.86. The summed E-state index contributed by atoms with van der Waals surface area (Å²) in [5.74, 6) is 0.768. The average Bonchev–Trinajstić information content (AvgIpc) is 3.07. The third kappa shape index (κ3) is 2.25. The highest BCUT2D eigenvalue weighted by Gasteiger charge is 2.16. The van der Waals surface area contributed by atoms with Crippen LogP contribution in [0.3, 0.4) is 0 Å². The van der Waals surface area contributed by atoms with Gasteiger partial charge in [-0.05, 0) is 31.2 Å². The first-order valence-corrected chi connectivity index (χ1v) is 6.07. The number of rotatable bonds is 3. The molecule has 1 N–H and O–H groups in total. The summed E-state index contributed by atoms with van der Waals surface area (Å²) >= 11 is 0. The van der Waals surface area contributed by atoms with Crippen LogP contribution in [-0.2, 0) is 0 Å². The molecule has 0 saturated heterocycles. The molecule has 4 nitrogen and oxygen atoms in total. The Bertz CT molecular complexity index is 664. The summed E-state index contributed by atoms with van der Waals surface area (Å²) in [4.78, 5) is 12.1. The molecule has 0 aliphatic rings. The van der Waals surface area contributed by atoms with Crippen molar-refractivity contribution in [3.8, 4) is 0 Å². The van der Waals surface area contributed by atoms with Gasteiger partial charge in [-0.3, -0.25) is 4.79 Å². The zero-order chi connectivity index (χ0) is 13.2. The highest BCUT2D eigenvalue weighted by molar-refractivity contribution is 5.96. The van der Waals surface area contributed by atoms with Crippen molar-refractivity contribution in [2.24, 2.45) is 0 Å². The number of fused-ring (bicyclic) bond motifs is 1. The smallest absolute Gasteiger partial charge is 0.287 e. The van der Waals surface area contributed by atoms with Gasteiger partial charge in [-0.2, -0.15) is 0 Å². The molecule has 19 heavy (non-hydrogen) atoms. The van der Waals surface area contributed by atoms with Crippen LogP contribution in [0, 0.1) is 0 Å². The van der Waals surface area contributed by atoms with Gasteiger partial charge < -0.3 is 14.2 Å². The molecule has 0 radical (unpaired) electrons. The van der Waals surface area contributed by atoms with Gasteiger partial charge in [-0.25, -0.2) is 0 Å². The van der Waals surface area contributed by atoms with Crippen LogP contribution in [0.2, 0.25) is 0 Å². The Kier molecular flexibility index (Phi) is 2.83. The normalized spacial score (nSPS) is 12.5. The fourth-order valence-corrected chi connectivity index (χ4v) is 1.97. The van der Waals surface area contributed by atoms with E-state index >= 15 is 0 Å². The molecule has 96 valence electrons. The van der Waals surface area contributed by atoms with Crippen molar-refractivity contribution in [3.63, 3.8) is 0 Å². The molecule has 3 rings (SSSR count). The number of hydrogen-bond donors (Lipinski definition) is 1. The molecule has 3 aromatic rings. The summed E-state index contributed by atoms with van der Waals surface area (Å²) < 4.78 is 10.8. The van der Waals surface area contributed by atoms with Crippen LogP contribution in [0.4, 0.5) is 0 Å². The lowest BCUT2D eigenvalue weighted by Gasteiger charge is -2.09. The maximum atomic E-state index is 12.1. The molecular formula is C15H13NO3. The predicted molar refractivity (Wildman–Crippen MR) is 70.8 cm³/mol. The Balaban J connectivity index is 1.80. The van der Waals surface area contributed by atoms with Gasteiger partial charge in [0.2, 0.25) is 0 Å². The SMILES string of the molecule is C[C@H](NC(=O)c1cc2ccccc2o1)c1ccco1. The minimum Gasteiger partial charge on any atom is -0.467 e. The van der Waals surface area contributed by atoms with Gasteiger partial charge in [0.15, 0.2) is 5.76 Å². The molecular weight excluding hydrogens is 242 g/mol. The van der Waals surface area contributed by atoms with Gasteiger partial charge in [0.1, 0.15) is 11.3 Å². The highest BCUT2D eigenvalue weighted by Crippen LogP contribution is 2.20. The third-order valence-electron chi connectivity index (χ3n) is 2.97. The lowest BCUT2D eigenvalue weighted by Crippen LogP contribution is -2.25. The van der Waals surface area contributed by atoms with Gasteiger partial charge in [-0.15, -0.1) is 0 Å². The van der Waals surface area contributed by atoms with E-state index in [1.54, 1.807) is 18.4 Å². The molecule has 0 spiro atoms. The number of furan rings is 2. The van der Waals surface area contributed by atoms with Crippen LogP contribution in [0.5, 0.6) is 0 Å². The first-order chi connectivity index (χ1) is 9.24. The summed E-state index contributed by atoms with van der Waals surface area (Å²) in [5, 5.41) is 3.75. The van der Waals surface area contributed by atoms with Crippen LogP contribution in [-0.4, -0.2) is 5.91 Å². The van der Waals surface area contributed by atoms with Crippen LogP contribution in [0.25, 0.3) is 11.0 Å². The van der Waals surface area contributed by atoms with E-state index in [1.165, 1.54) is 0 Å². The average molecular weight is 255 g/mol. The van der Waals surface area contributed by atoms with Crippen LogP contribution < -0.4 is 5.32 Å². The third-order valence-corrected chi connectivity index (χ3v) is 2.97. The van der Waals surface area contributed by atoms with Crippen molar-refractivity contribution in [1.29, 1.82) is 0 Å². The van der Waals surface area contributed by atoms with Crippen molar-refractivity contribution < 1.29 is 13.6 Å². The van der Waals surface area contributed by atoms with E-state index < -0.39 is 0 Å². The van der Waals surface area contributed by atoms with Gasteiger partial charge >= 0.3 is 0 Å². The summed E-state index contributed by atoms with van der Waals surface area (Å²) in [7, 11) is 0. The summed E-state index contributed by atoms with van der Waals surface area (Å²) in [6, 6.07) is 12.7. The Hall–Kier alpha value is -2.49. The van der Waals surface area contributed by atoms with E-state index in [4.69, 9.17) is 8.83 Å². The fraction of sp³-hybridized carbons (Fsp3) is 0.133. The van der Waals surface area contributed by atoms with E-state index in [0.29, 0.717) is 17.1 Å². The Morgan fingerprint density at radius 3 is 2.79 bits per heavy atom. The zero-order valence-corrected chi connectivity index (χ0v) is 10.4. The molecule has 0 bridgehead atoms. The van der Waals surface area contributed by atoms with E-state index in [9.17, 15) is 4.79 Å². The minimum absolute atomic E-state index is 0.198. The molecule has 2 aromatic heterocycles. The summed E-state index contributed by atoms with van der Waals surface area (Å²) in [6.07, 6.45) is 1.58. The van der Waals surface area contributed by atoms with E-state index in [1.807, 2.05) is 37.3 Å². The van der Waals surface area contributed by atoms with Gasteiger partial charge in [0, 0.05) is 5.39 Å². The zero-order valence-electron chi connectivity index (χ0n) is 10.4. The van der Waals surface area contributed by atoms with Gasteiger partial charge in [0.05, 0.1) is 12.3 Å². The Morgan fingerprint density at radius 1 is 1.21 bits per heavy atom. The van der Waals surface area contributed by atoms with E-state index in [-0.39, 0.29) is 11.9 Å². The monoisotopic (exact) mass is 255 g/mol. The molecule has 0 fully saturated rings. The standard InChI is InChI=1S/C15H13NO3/c1-10(12-7-4-8-18-12)16-15(17)14-9-11-5-2-3-6-13(11)19-14/h2-10H,1H3,(H,16,17)/t10-/m0/s1. The molecule has 1 amide bonds. The summed E-state index contributed by atoms with van der Waals surface area (Å²) in [5.41, 5.74) is 0.707. The number of hydrogen-bond acceptors (Lipinski definition) is 3. The largest absolute Gasteiger partial charge is 0.467 e. The van der Waals surface area contributed by atoms with Crippen molar-refractivity contribution in [2.45, 2.75) is 13.0 Å². The van der Waals surface area contributed by atoms with E-state index in [0.717, 1.165) is 5.39 Å². The quantitative estimate of drug-likeness (QED) is 0.779. The Labute approximate surface area is 110 Å². The minimum atomic E-state index is -0.250. The van der Waals surface area contributed by atoms with Crippen molar-refractivity contribution in [1.82, 2.24) is 5.32 Å². The highest BCUT2D eigenvalue weighted by atomic mass is 16.3. The topological polar surface area (TPSA) is 55.4 Å². The molecule has 0 unspecified atom stereocenters. The van der Waals surface area contributed by atoms with Crippen molar-refractivity contribution in [3.05, 3.63) is 60.2 Å². The molecule has 0 aliphatic carbocycles. The maximum absolute atomic E-state index is 12.1.